The van der Waals surface area contributed by atoms with Crippen LogP contribution < -0.4 is 5.73 Å². The highest BCUT2D eigenvalue weighted by atomic mass is 14.5. The quantitative estimate of drug-likeness (QED) is 0.609. The molecule has 1 nitrogen and oxygen atoms in total. The molecule has 2 N–H and O–H groups in total. The predicted octanol–water partition coefficient (Wildman–Crippen LogP) is 2.19. The second kappa shape index (κ2) is 7.03. The third kappa shape index (κ3) is 5.37. The second-order valence-electron chi connectivity index (χ2n) is 2.07. The van der Waals surface area contributed by atoms with Gasteiger partial charge in [0.2, 0.25) is 0 Å². The summed E-state index contributed by atoms with van der Waals surface area (Å²) in [5, 5.41) is 0. The van der Waals surface area contributed by atoms with Gasteiger partial charge in [-0.25, -0.2) is 0 Å². The molecule has 0 heterocycles. The number of allylic oxidation sites excluding steroid dienone is 5. The number of hydrogen-bond donors (Lipinski definition) is 1. The molecular weight excluding hydrogens is 134 g/mol. The van der Waals surface area contributed by atoms with Crippen LogP contribution in [0.2, 0.25) is 0 Å². The van der Waals surface area contributed by atoms with Crippen molar-refractivity contribution in [2.24, 2.45) is 5.73 Å². The van der Waals surface area contributed by atoms with Crippen LogP contribution in [0.4, 0.5) is 0 Å². The minimum atomic E-state index is 0.564. The number of hydrogen-bond acceptors (Lipinski definition) is 1. The molecule has 0 aromatic carbocycles. The fourth-order valence-corrected chi connectivity index (χ4v) is 0.603. The Morgan fingerprint density at radius 3 is 2.64 bits per heavy atom. The highest BCUT2D eigenvalue weighted by Gasteiger charge is 1.82. The van der Waals surface area contributed by atoms with Crippen LogP contribution in [-0.2, 0) is 0 Å². The van der Waals surface area contributed by atoms with Crippen molar-refractivity contribution >= 4 is 0 Å². The van der Waals surface area contributed by atoms with Crippen LogP contribution >= 0.6 is 0 Å². The lowest BCUT2D eigenvalue weighted by molar-refractivity contribution is 1.19. The van der Waals surface area contributed by atoms with Crippen LogP contribution in [0.5, 0.6) is 0 Å². The molecule has 0 saturated carbocycles. The van der Waals surface area contributed by atoms with Crippen molar-refractivity contribution < 1.29 is 0 Å². The Labute approximate surface area is 68.6 Å². The van der Waals surface area contributed by atoms with Crippen LogP contribution in [0, 0.1) is 0 Å². The van der Waals surface area contributed by atoms with E-state index in [1.165, 1.54) is 0 Å². The third-order valence-electron chi connectivity index (χ3n) is 1.18. The first kappa shape index (κ1) is 9.92. The van der Waals surface area contributed by atoms with Crippen LogP contribution in [0.1, 0.15) is 6.92 Å². The molecule has 0 radical (unpaired) electrons. The topological polar surface area (TPSA) is 26.0 Å². The third-order valence-corrected chi connectivity index (χ3v) is 1.18. The molecular formula is C10H15N. The molecule has 0 aromatic rings. The minimum Gasteiger partial charge on any atom is -0.326 e. The van der Waals surface area contributed by atoms with Gasteiger partial charge in [0.25, 0.3) is 0 Å². The van der Waals surface area contributed by atoms with E-state index < -0.39 is 0 Å². The number of nitrogens with two attached hydrogens (primary N) is 1. The van der Waals surface area contributed by atoms with E-state index in [4.69, 9.17) is 5.73 Å². The molecule has 0 fully saturated rings. The first-order chi connectivity index (χ1) is 5.35. The summed E-state index contributed by atoms with van der Waals surface area (Å²) < 4.78 is 0. The van der Waals surface area contributed by atoms with Gasteiger partial charge in [-0.05, 0) is 12.5 Å². The highest BCUT2D eigenvalue weighted by molar-refractivity contribution is 5.26. The Balaban J connectivity index is 4.14. The predicted molar refractivity (Wildman–Crippen MR) is 51.3 cm³/mol. The summed E-state index contributed by atoms with van der Waals surface area (Å²) in [6, 6.07) is 0. The fraction of sp³-hybridized carbons (Fsp3) is 0.200. The highest BCUT2D eigenvalue weighted by Crippen LogP contribution is 1.94. The van der Waals surface area contributed by atoms with Gasteiger partial charge in [0.05, 0.1) is 0 Å². The van der Waals surface area contributed by atoms with Crippen molar-refractivity contribution in [3.63, 3.8) is 0 Å². The molecule has 0 atom stereocenters. The van der Waals surface area contributed by atoms with Crippen molar-refractivity contribution in [1.29, 1.82) is 0 Å². The molecule has 0 aliphatic carbocycles. The molecule has 60 valence electrons. The van der Waals surface area contributed by atoms with E-state index in [9.17, 15) is 0 Å². The first-order valence-electron chi connectivity index (χ1n) is 3.66. The molecule has 11 heavy (non-hydrogen) atoms. The van der Waals surface area contributed by atoms with Crippen molar-refractivity contribution in [3.8, 4) is 0 Å². The van der Waals surface area contributed by atoms with E-state index in [1.807, 2.05) is 37.3 Å². The lowest BCUT2D eigenvalue weighted by Crippen LogP contribution is -2.00. The van der Waals surface area contributed by atoms with Gasteiger partial charge in [0.1, 0.15) is 0 Å². The van der Waals surface area contributed by atoms with Crippen LogP contribution in [-0.4, -0.2) is 6.54 Å². The standard InChI is InChI=1S/C10H15N/c1-3-5-7-10(9-11)8-6-4-2/h3-8H,1,9,11H2,2H3/b6-4-,7-5-,10-8+. The molecule has 0 aliphatic heterocycles. The van der Waals surface area contributed by atoms with Gasteiger partial charge in [0.15, 0.2) is 0 Å². The van der Waals surface area contributed by atoms with Gasteiger partial charge in [-0.1, -0.05) is 43.0 Å². The summed E-state index contributed by atoms with van der Waals surface area (Å²) in [5.41, 5.74) is 6.57. The van der Waals surface area contributed by atoms with Crippen molar-refractivity contribution in [2.45, 2.75) is 6.92 Å². The molecule has 0 saturated heterocycles. The average molecular weight is 149 g/mol. The Hall–Kier alpha value is -1.08. The normalized spacial score (nSPS) is 13.1. The maximum atomic E-state index is 5.47. The van der Waals surface area contributed by atoms with E-state index in [0.717, 1.165) is 5.57 Å². The molecule has 0 amide bonds. The monoisotopic (exact) mass is 149 g/mol. The van der Waals surface area contributed by atoms with Crippen molar-refractivity contribution in [2.75, 3.05) is 6.54 Å². The fourth-order valence-electron chi connectivity index (χ4n) is 0.603. The lowest BCUT2D eigenvalue weighted by Gasteiger charge is -1.92. The van der Waals surface area contributed by atoms with E-state index in [1.54, 1.807) is 6.08 Å². The van der Waals surface area contributed by atoms with Crippen molar-refractivity contribution in [1.82, 2.24) is 0 Å². The van der Waals surface area contributed by atoms with E-state index >= 15 is 0 Å². The Morgan fingerprint density at radius 2 is 2.18 bits per heavy atom. The Kier molecular flexibility index (Phi) is 6.34. The first-order valence-corrected chi connectivity index (χ1v) is 3.66. The summed E-state index contributed by atoms with van der Waals surface area (Å²) in [6.07, 6.45) is 11.5. The zero-order valence-corrected chi connectivity index (χ0v) is 6.96. The summed E-state index contributed by atoms with van der Waals surface area (Å²) in [6.45, 7) is 6.11. The van der Waals surface area contributed by atoms with E-state index in [0.29, 0.717) is 6.54 Å². The maximum Gasteiger partial charge on any atom is 0.0178 e. The summed E-state index contributed by atoms with van der Waals surface area (Å²) in [5.74, 6) is 0. The van der Waals surface area contributed by atoms with Crippen LogP contribution in [0.15, 0.2) is 48.6 Å². The van der Waals surface area contributed by atoms with Crippen LogP contribution in [0.25, 0.3) is 0 Å². The molecule has 0 unspecified atom stereocenters. The zero-order valence-electron chi connectivity index (χ0n) is 6.96. The lowest BCUT2D eigenvalue weighted by atomic mass is 10.2. The molecule has 0 aliphatic rings. The average Bonchev–Trinajstić information content (AvgIpc) is 2.05. The Morgan fingerprint density at radius 1 is 1.45 bits per heavy atom. The summed E-state index contributed by atoms with van der Waals surface area (Å²) >= 11 is 0. The molecule has 0 aromatic heterocycles. The van der Waals surface area contributed by atoms with Gasteiger partial charge >= 0.3 is 0 Å². The largest absolute Gasteiger partial charge is 0.326 e. The van der Waals surface area contributed by atoms with E-state index in [2.05, 4.69) is 6.58 Å². The maximum absolute atomic E-state index is 5.47. The molecule has 1 heteroatoms. The zero-order chi connectivity index (χ0) is 8.53. The van der Waals surface area contributed by atoms with E-state index in [-0.39, 0.29) is 0 Å². The summed E-state index contributed by atoms with van der Waals surface area (Å²) in [4.78, 5) is 0. The van der Waals surface area contributed by atoms with Gasteiger partial charge < -0.3 is 5.73 Å². The second-order valence-corrected chi connectivity index (χ2v) is 2.07. The molecule has 0 rings (SSSR count). The SMILES string of the molecule is C=C\C=C/C(=C\C=C/C)CN. The van der Waals surface area contributed by atoms with Crippen LogP contribution in [0.3, 0.4) is 0 Å². The van der Waals surface area contributed by atoms with Crippen molar-refractivity contribution in [3.05, 3.63) is 48.6 Å². The minimum absolute atomic E-state index is 0.564. The van der Waals surface area contributed by atoms with Gasteiger partial charge in [-0.2, -0.15) is 0 Å². The number of rotatable bonds is 4. The van der Waals surface area contributed by atoms with Gasteiger partial charge in [0, 0.05) is 6.54 Å². The Bertz CT molecular complexity index is 185. The smallest absolute Gasteiger partial charge is 0.0178 e. The summed E-state index contributed by atoms with van der Waals surface area (Å²) in [7, 11) is 0. The van der Waals surface area contributed by atoms with Gasteiger partial charge in [-0.15, -0.1) is 0 Å². The molecule has 0 spiro atoms. The molecule has 0 bridgehead atoms. The van der Waals surface area contributed by atoms with Gasteiger partial charge in [-0.3, -0.25) is 0 Å².